The third-order valence-electron chi connectivity index (χ3n) is 8.00. The van der Waals surface area contributed by atoms with Crippen LogP contribution in [0.4, 0.5) is 18.0 Å². The zero-order valence-corrected chi connectivity index (χ0v) is 23.9. The normalized spacial score (nSPS) is 17.8. The molecule has 0 aromatic heterocycles. The summed E-state index contributed by atoms with van der Waals surface area (Å²) in [5, 5.41) is 2.64. The molecule has 3 aromatic rings. The number of benzene rings is 3. The number of amides is 1. The second kappa shape index (κ2) is 10.9. The largest absolute Gasteiger partial charge is 0.492 e. The minimum Gasteiger partial charge on any atom is -0.449 e. The first-order valence-corrected chi connectivity index (χ1v) is 13.7. The van der Waals surface area contributed by atoms with Crippen molar-refractivity contribution in [3.05, 3.63) is 99.5 Å². The highest BCUT2D eigenvalue weighted by Crippen LogP contribution is 2.44. The molecule has 0 atom stereocenters. The molecule has 1 N–H and O–H groups in total. The van der Waals surface area contributed by atoms with Gasteiger partial charge in [-0.15, -0.1) is 0 Å². The van der Waals surface area contributed by atoms with Gasteiger partial charge in [-0.05, 0) is 73.1 Å². The Morgan fingerprint density at radius 3 is 2.10 bits per heavy atom. The molecule has 5 nitrogen and oxygen atoms in total. The van der Waals surface area contributed by atoms with Gasteiger partial charge in [-0.1, -0.05) is 72.3 Å². The molecule has 0 unspecified atom stereocenters. The summed E-state index contributed by atoms with van der Waals surface area (Å²) in [7, 11) is -0.995. The fraction of sp³-hybridized carbons (Fsp3) is 0.323. The summed E-state index contributed by atoms with van der Waals surface area (Å²) in [4.78, 5) is 12.9. The van der Waals surface area contributed by atoms with E-state index >= 15 is 0 Å². The number of carbonyl (C=O) groups is 1. The van der Waals surface area contributed by atoms with Gasteiger partial charge in [-0.2, -0.15) is 13.2 Å². The van der Waals surface area contributed by atoms with Crippen LogP contribution in [0.2, 0.25) is 5.02 Å². The highest BCUT2D eigenvalue weighted by atomic mass is 35.5. The average Bonchev–Trinajstić information content (AvgIpc) is 3.34. The van der Waals surface area contributed by atoms with Gasteiger partial charge in [0.25, 0.3) is 0 Å². The van der Waals surface area contributed by atoms with Crippen LogP contribution >= 0.6 is 11.6 Å². The number of alkyl halides is 3. The number of nitrogens with one attached hydrogen (secondary N) is 1. The molecule has 2 aliphatic rings. The van der Waals surface area contributed by atoms with Gasteiger partial charge in [0, 0.05) is 17.5 Å². The summed E-state index contributed by atoms with van der Waals surface area (Å²) in [6, 6.07) is 19.5. The molecule has 41 heavy (non-hydrogen) atoms. The van der Waals surface area contributed by atoms with Crippen LogP contribution in [0.3, 0.4) is 0 Å². The topological polar surface area (TPSA) is 56.8 Å². The molecule has 214 valence electrons. The fourth-order valence-electron chi connectivity index (χ4n) is 5.12. The third kappa shape index (κ3) is 5.89. The summed E-state index contributed by atoms with van der Waals surface area (Å²) in [6.45, 7) is 7.30. The number of halogens is 4. The van der Waals surface area contributed by atoms with E-state index in [1.807, 2.05) is 76.2 Å². The van der Waals surface area contributed by atoms with E-state index in [9.17, 15) is 18.0 Å². The van der Waals surface area contributed by atoms with E-state index in [0.717, 1.165) is 28.3 Å². The van der Waals surface area contributed by atoms with Crippen molar-refractivity contribution in [3.8, 4) is 11.1 Å². The van der Waals surface area contributed by atoms with E-state index in [1.165, 1.54) is 18.2 Å². The Morgan fingerprint density at radius 1 is 0.976 bits per heavy atom. The number of ether oxygens (including phenoxy) is 1. The van der Waals surface area contributed by atoms with E-state index in [4.69, 9.17) is 25.6 Å². The standard InChI is InChI=1S/C31H30BClF3NO4/c1-29(2)30(3,4)41-32(40-29)20(15-19-13-14-21(33)16-27(19)31(34,35)36)17-37-28(38)39-18-26-24-11-7-5-9-22(24)23-10-6-8-12-25(23)26/h5-16,26H,17-18H2,1-4H3,(H,37,38). The molecule has 3 aromatic carbocycles. The van der Waals surface area contributed by atoms with Gasteiger partial charge in [-0.25, -0.2) is 4.79 Å². The Bertz CT molecular complexity index is 1440. The number of hydrogen-bond donors (Lipinski definition) is 1. The fourth-order valence-corrected chi connectivity index (χ4v) is 5.29. The monoisotopic (exact) mass is 583 g/mol. The maximum absolute atomic E-state index is 13.8. The highest BCUT2D eigenvalue weighted by Gasteiger charge is 2.52. The van der Waals surface area contributed by atoms with Crippen molar-refractivity contribution >= 4 is 30.9 Å². The molecule has 0 bridgehead atoms. The lowest BCUT2D eigenvalue weighted by molar-refractivity contribution is -0.137. The van der Waals surface area contributed by atoms with Crippen LogP contribution in [0.15, 0.2) is 72.2 Å². The molecule has 10 heteroatoms. The number of fused-ring (bicyclic) bond motifs is 3. The Balaban J connectivity index is 1.36. The van der Waals surface area contributed by atoms with Gasteiger partial charge in [0.1, 0.15) is 6.61 Å². The molecule has 0 spiro atoms. The summed E-state index contributed by atoms with van der Waals surface area (Å²) in [5.41, 5.74) is 2.13. The number of carbonyl (C=O) groups excluding carboxylic acids is 1. The smallest absolute Gasteiger partial charge is 0.449 e. The van der Waals surface area contributed by atoms with Gasteiger partial charge in [-0.3, -0.25) is 0 Å². The minimum absolute atomic E-state index is 0.0385. The predicted octanol–water partition coefficient (Wildman–Crippen LogP) is 7.91. The molecule has 0 saturated carbocycles. The third-order valence-corrected chi connectivity index (χ3v) is 8.23. The molecule has 1 amide bonds. The SMILES string of the molecule is CC1(C)OB(C(=Cc2ccc(Cl)cc2C(F)(F)F)CNC(=O)OCC2c3ccccc3-c3ccccc32)OC1(C)C. The minimum atomic E-state index is -4.64. The maximum Gasteiger partial charge on any atom is 0.492 e. The van der Waals surface area contributed by atoms with E-state index in [0.29, 0.717) is 5.47 Å². The van der Waals surface area contributed by atoms with E-state index < -0.39 is 36.2 Å². The van der Waals surface area contributed by atoms with Crippen molar-refractivity contribution in [1.29, 1.82) is 0 Å². The summed E-state index contributed by atoms with van der Waals surface area (Å²) >= 11 is 5.87. The summed E-state index contributed by atoms with van der Waals surface area (Å²) < 4.78 is 59.3. The van der Waals surface area contributed by atoms with Crippen LogP contribution in [0, 0.1) is 0 Å². The first-order chi connectivity index (χ1) is 19.3. The van der Waals surface area contributed by atoms with E-state index in [2.05, 4.69) is 5.32 Å². The molecule has 1 heterocycles. The van der Waals surface area contributed by atoms with Crippen LogP contribution in [0.1, 0.15) is 55.9 Å². The lowest BCUT2D eigenvalue weighted by Crippen LogP contribution is -2.41. The van der Waals surface area contributed by atoms with Gasteiger partial charge >= 0.3 is 19.4 Å². The Kier molecular flexibility index (Phi) is 7.74. The molecule has 1 saturated heterocycles. The van der Waals surface area contributed by atoms with Crippen molar-refractivity contribution in [2.24, 2.45) is 0 Å². The van der Waals surface area contributed by atoms with Crippen molar-refractivity contribution in [2.45, 2.75) is 51.0 Å². The molecule has 0 radical (unpaired) electrons. The van der Waals surface area contributed by atoms with E-state index in [-0.39, 0.29) is 29.7 Å². The Morgan fingerprint density at radius 2 is 1.54 bits per heavy atom. The first-order valence-electron chi connectivity index (χ1n) is 13.3. The van der Waals surface area contributed by atoms with Crippen molar-refractivity contribution in [1.82, 2.24) is 5.32 Å². The molecule has 1 aliphatic heterocycles. The average molecular weight is 584 g/mol. The maximum atomic E-state index is 13.8. The van der Waals surface area contributed by atoms with Gasteiger partial charge in [0.2, 0.25) is 0 Å². The second-order valence-electron chi connectivity index (χ2n) is 11.2. The molecule has 1 aliphatic carbocycles. The molecule has 1 fully saturated rings. The van der Waals surface area contributed by atoms with Crippen LogP contribution in [-0.4, -0.2) is 37.6 Å². The second-order valence-corrected chi connectivity index (χ2v) is 11.7. The molecular formula is C31H30BClF3NO4. The highest BCUT2D eigenvalue weighted by molar-refractivity contribution is 6.56. The Hall–Kier alpha value is -3.27. The van der Waals surface area contributed by atoms with Crippen molar-refractivity contribution in [2.75, 3.05) is 13.2 Å². The number of rotatable bonds is 6. The lowest BCUT2D eigenvalue weighted by Gasteiger charge is -2.32. The zero-order valence-electron chi connectivity index (χ0n) is 23.1. The van der Waals surface area contributed by atoms with Crippen LogP contribution in [0.5, 0.6) is 0 Å². The van der Waals surface area contributed by atoms with Gasteiger partial charge in [0.15, 0.2) is 0 Å². The first kappa shape index (κ1) is 29.2. The quantitative estimate of drug-likeness (QED) is 0.300. The van der Waals surface area contributed by atoms with Crippen molar-refractivity contribution < 1.29 is 32.0 Å². The lowest BCUT2D eigenvalue weighted by atomic mass is 9.76. The van der Waals surface area contributed by atoms with E-state index in [1.54, 1.807) is 0 Å². The van der Waals surface area contributed by atoms with Crippen molar-refractivity contribution in [3.63, 3.8) is 0 Å². The zero-order chi connectivity index (χ0) is 29.6. The van der Waals surface area contributed by atoms with Gasteiger partial charge < -0.3 is 19.4 Å². The van der Waals surface area contributed by atoms with Crippen LogP contribution in [-0.2, 0) is 20.2 Å². The van der Waals surface area contributed by atoms with Crippen LogP contribution in [0.25, 0.3) is 17.2 Å². The van der Waals surface area contributed by atoms with Crippen LogP contribution < -0.4 is 5.32 Å². The number of hydrogen-bond acceptors (Lipinski definition) is 4. The Labute approximate surface area is 242 Å². The summed E-state index contributed by atoms with van der Waals surface area (Å²) in [6.07, 6.45) is -4.02. The molecule has 5 rings (SSSR count). The predicted molar refractivity (Wildman–Crippen MR) is 154 cm³/mol. The number of alkyl carbamates (subject to hydrolysis) is 1. The summed E-state index contributed by atoms with van der Waals surface area (Å²) in [5.74, 6) is -0.130. The molecular weight excluding hydrogens is 554 g/mol. The van der Waals surface area contributed by atoms with Gasteiger partial charge in [0.05, 0.1) is 16.8 Å².